The Morgan fingerprint density at radius 1 is 1.17 bits per heavy atom. The van der Waals surface area contributed by atoms with Crippen LogP contribution in [0.3, 0.4) is 0 Å². The quantitative estimate of drug-likeness (QED) is 0.872. The molecular weight excluding hydrogens is 228 g/mol. The summed E-state index contributed by atoms with van der Waals surface area (Å²) in [6, 6.07) is 5.59. The van der Waals surface area contributed by atoms with Gasteiger partial charge in [-0.25, -0.2) is 0 Å². The Balaban J connectivity index is 1.95. The second-order valence-corrected chi connectivity index (χ2v) is 4.96. The first-order valence-electron chi connectivity index (χ1n) is 6.74. The minimum atomic E-state index is 0.0270. The molecule has 0 atom stereocenters. The Morgan fingerprint density at radius 3 is 2.61 bits per heavy atom. The van der Waals surface area contributed by atoms with E-state index in [1.54, 1.807) is 7.11 Å². The van der Waals surface area contributed by atoms with Crippen molar-refractivity contribution in [2.24, 2.45) is 5.92 Å². The van der Waals surface area contributed by atoms with Gasteiger partial charge in [0.1, 0.15) is 0 Å². The van der Waals surface area contributed by atoms with Crippen LogP contribution >= 0.6 is 0 Å². The molecule has 0 saturated heterocycles. The van der Waals surface area contributed by atoms with Crippen LogP contribution in [0.5, 0.6) is 11.5 Å². The van der Waals surface area contributed by atoms with E-state index < -0.39 is 0 Å². The lowest BCUT2D eigenvalue weighted by molar-refractivity contribution is 0.202. The molecule has 0 bridgehead atoms. The molecule has 0 aliphatic heterocycles. The summed E-state index contributed by atoms with van der Waals surface area (Å²) in [7, 11) is 1.63. The molecule has 1 aliphatic rings. The van der Waals surface area contributed by atoms with Crippen molar-refractivity contribution in [3.63, 3.8) is 0 Å². The second-order valence-electron chi connectivity index (χ2n) is 4.96. The standard InChI is InChI=1S/C15H22O3/c1-17-15-9-13(10-16)7-8-14(15)18-11-12-5-3-2-4-6-12/h7-9,12,16H,2-6,10-11H2,1H3. The van der Waals surface area contributed by atoms with Crippen LogP contribution in [0.2, 0.25) is 0 Å². The van der Waals surface area contributed by atoms with Gasteiger partial charge in [-0.15, -0.1) is 0 Å². The summed E-state index contributed by atoms with van der Waals surface area (Å²) in [5.74, 6) is 2.17. The second kappa shape index (κ2) is 6.64. The molecule has 3 nitrogen and oxygen atoms in total. The molecule has 1 aromatic rings. The van der Waals surface area contributed by atoms with Crippen molar-refractivity contribution in [1.29, 1.82) is 0 Å². The summed E-state index contributed by atoms with van der Waals surface area (Å²) >= 11 is 0. The van der Waals surface area contributed by atoms with E-state index in [4.69, 9.17) is 14.6 Å². The topological polar surface area (TPSA) is 38.7 Å². The fourth-order valence-corrected chi connectivity index (χ4v) is 2.49. The van der Waals surface area contributed by atoms with E-state index in [0.29, 0.717) is 11.7 Å². The molecule has 0 aromatic heterocycles. The highest BCUT2D eigenvalue weighted by Gasteiger charge is 2.15. The van der Waals surface area contributed by atoms with Gasteiger partial charge in [0, 0.05) is 0 Å². The smallest absolute Gasteiger partial charge is 0.161 e. The van der Waals surface area contributed by atoms with Gasteiger partial charge in [-0.05, 0) is 36.5 Å². The number of methoxy groups -OCH3 is 1. The summed E-state index contributed by atoms with van der Waals surface area (Å²) in [6.45, 7) is 0.800. The Morgan fingerprint density at radius 2 is 1.94 bits per heavy atom. The summed E-state index contributed by atoms with van der Waals surface area (Å²) in [5.41, 5.74) is 0.844. The number of aliphatic hydroxyl groups excluding tert-OH is 1. The van der Waals surface area contributed by atoms with Gasteiger partial charge in [0.15, 0.2) is 11.5 Å². The van der Waals surface area contributed by atoms with Gasteiger partial charge in [0.25, 0.3) is 0 Å². The average Bonchev–Trinajstić information content (AvgIpc) is 2.46. The summed E-state index contributed by atoms with van der Waals surface area (Å²) in [5, 5.41) is 9.09. The molecule has 1 N–H and O–H groups in total. The molecule has 0 radical (unpaired) electrons. The molecule has 3 heteroatoms. The van der Waals surface area contributed by atoms with E-state index in [2.05, 4.69) is 0 Å². The molecule has 0 heterocycles. The number of aliphatic hydroxyl groups is 1. The van der Waals surface area contributed by atoms with E-state index >= 15 is 0 Å². The Bertz CT molecular complexity index is 370. The van der Waals surface area contributed by atoms with Gasteiger partial charge in [-0.1, -0.05) is 25.3 Å². The van der Waals surface area contributed by atoms with Crippen molar-refractivity contribution in [2.45, 2.75) is 38.7 Å². The maximum atomic E-state index is 9.09. The first-order chi connectivity index (χ1) is 8.83. The average molecular weight is 250 g/mol. The molecule has 2 rings (SSSR count). The van der Waals surface area contributed by atoms with Crippen molar-refractivity contribution in [1.82, 2.24) is 0 Å². The van der Waals surface area contributed by atoms with E-state index in [0.717, 1.165) is 17.9 Å². The van der Waals surface area contributed by atoms with Crippen LogP contribution in [-0.4, -0.2) is 18.8 Å². The SMILES string of the molecule is COc1cc(CO)ccc1OCC1CCCCC1. The minimum Gasteiger partial charge on any atom is -0.493 e. The van der Waals surface area contributed by atoms with E-state index in [1.165, 1.54) is 32.1 Å². The van der Waals surface area contributed by atoms with Crippen LogP contribution < -0.4 is 9.47 Å². The highest BCUT2D eigenvalue weighted by atomic mass is 16.5. The fraction of sp³-hybridized carbons (Fsp3) is 0.600. The molecule has 0 unspecified atom stereocenters. The molecule has 18 heavy (non-hydrogen) atoms. The van der Waals surface area contributed by atoms with Gasteiger partial charge < -0.3 is 14.6 Å². The van der Waals surface area contributed by atoms with E-state index in [9.17, 15) is 0 Å². The normalized spacial score (nSPS) is 16.6. The van der Waals surface area contributed by atoms with E-state index in [-0.39, 0.29) is 6.61 Å². The molecule has 0 amide bonds. The van der Waals surface area contributed by atoms with Crippen LogP contribution in [0.4, 0.5) is 0 Å². The number of hydrogen-bond acceptors (Lipinski definition) is 3. The third kappa shape index (κ3) is 3.39. The van der Waals surface area contributed by atoms with E-state index in [1.807, 2.05) is 18.2 Å². The zero-order chi connectivity index (χ0) is 12.8. The Kier molecular flexibility index (Phi) is 4.88. The van der Waals surface area contributed by atoms with Crippen LogP contribution in [0.1, 0.15) is 37.7 Å². The maximum absolute atomic E-state index is 9.09. The molecular formula is C15H22O3. The van der Waals surface area contributed by atoms with Crippen molar-refractivity contribution >= 4 is 0 Å². The molecule has 1 fully saturated rings. The predicted molar refractivity (Wildman–Crippen MR) is 71.0 cm³/mol. The van der Waals surface area contributed by atoms with Crippen LogP contribution in [-0.2, 0) is 6.61 Å². The summed E-state index contributed by atoms with van der Waals surface area (Å²) in [4.78, 5) is 0. The third-order valence-electron chi connectivity index (χ3n) is 3.61. The summed E-state index contributed by atoms with van der Waals surface area (Å²) in [6.07, 6.45) is 6.57. The molecule has 1 aliphatic carbocycles. The first kappa shape index (κ1) is 13.2. The molecule has 0 spiro atoms. The molecule has 1 saturated carbocycles. The highest BCUT2D eigenvalue weighted by Crippen LogP contribution is 2.30. The lowest BCUT2D eigenvalue weighted by atomic mass is 9.90. The Hall–Kier alpha value is -1.22. The predicted octanol–water partition coefficient (Wildman–Crippen LogP) is 3.15. The van der Waals surface area contributed by atoms with Crippen molar-refractivity contribution in [3.8, 4) is 11.5 Å². The van der Waals surface area contributed by atoms with Crippen molar-refractivity contribution < 1.29 is 14.6 Å². The van der Waals surface area contributed by atoms with Crippen LogP contribution in [0.15, 0.2) is 18.2 Å². The number of hydrogen-bond donors (Lipinski definition) is 1. The Labute approximate surface area is 109 Å². The van der Waals surface area contributed by atoms with Gasteiger partial charge in [0.05, 0.1) is 20.3 Å². The van der Waals surface area contributed by atoms with Gasteiger partial charge in [-0.3, -0.25) is 0 Å². The number of benzene rings is 1. The third-order valence-corrected chi connectivity index (χ3v) is 3.61. The molecule has 100 valence electrons. The monoisotopic (exact) mass is 250 g/mol. The minimum absolute atomic E-state index is 0.0270. The fourth-order valence-electron chi connectivity index (χ4n) is 2.49. The largest absolute Gasteiger partial charge is 0.493 e. The zero-order valence-corrected chi connectivity index (χ0v) is 11.0. The molecule has 1 aromatic carbocycles. The van der Waals surface area contributed by atoms with Gasteiger partial charge in [0.2, 0.25) is 0 Å². The highest BCUT2D eigenvalue weighted by molar-refractivity contribution is 5.42. The van der Waals surface area contributed by atoms with Crippen molar-refractivity contribution in [3.05, 3.63) is 23.8 Å². The lowest BCUT2D eigenvalue weighted by Crippen LogP contribution is -2.15. The zero-order valence-electron chi connectivity index (χ0n) is 11.0. The van der Waals surface area contributed by atoms with Gasteiger partial charge in [-0.2, -0.15) is 0 Å². The summed E-state index contributed by atoms with van der Waals surface area (Å²) < 4.78 is 11.2. The van der Waals surface area contributed by atoms with Gasteiger partial charge >= 0.3 is 0 Å². The van der Waals surface area contributed by atoms with Crippen LogP contribution in [0.25, 0.3) is 0 Å². The van der Waals surface area contributed by atoms with Crippen LogP contribution in [0, 0.1) is 5.92 Å². The number of rotatable bonds is 5. The maximum Gasteiger partial charge on any atom is 0.161 e. The first-order valence-corrected chi connectivity index (χ1v) is 6.74. The lowest BCUT2D eigenvalue weighted by Gasteiger charge is -2.22. The van der Waals surface area contributed by atoms with Crippen molar-refractivity contribution in [2.75, 3.05) is 13.7 Å². The number of ether oxygens (including phenoxy) is 2.